The molecule has 0 aromatic heterocycles. The molecule has 0 aliphatic carbocycles. The molecule has 0 spiro atoms. The number of carbonyl (C=O) groups is 2. The first-order chi connectivity index (χ1) is 12.6. The van der Waals surface area contributed by atoms with Crippen LogP contribution in [0.4, 0.5) is 0 Å². The van der Waals surface area contributed by atoms with Crippen LogP contribution in [0.5, 0.6) is 0 Å². The Bertz CT molecular complexity index is 633. The van der Waals surface area contributed by atoms with Crippen molar-refractivity contribution < 1.29 is 9.59 Å². The van der Waals surface area contributed by atoms with Crippen molar-refractivity contribution in [1.29, 1.82) is 0 Å². The van der Waals surface area contributed by atoms with Crippen LogP contribution in [-0.4, -0.2) is 40.7 Å². The van der Waals surface area contributed by atoms with Crippen LogP contribution in [0.1, 0.15) is 63.5 Å². The van der Waals surface area contributed by atoms with Crippen molar-refractivity contribution in [2.24, 2.45) is 5.92 Å². The van der Waals surface area contributed by atoms with Gasteiger partial charge in [0.15, 0.2) is 0 Å². The van der Waals surface area contributed by atoms with Gasteiger partial charge in [-0.15, -0.1) is 0 Å². The topological polar surface area (TPSA) is 40.6 Å². The van der Waals surface area contributed by atoms with E-state index >= 15 is 0 Å². The van der Waals surface area contributed by atoms with E-state index in [2.05, 4.69) is 26.0 Å². The Morgan fingerprint density at radius 1 is 1.00 bits per heavy atom. The summed E-state index contributed by atoms with van der Waals surface area (Å²) < 4.78 is 0. The van der Waals surface area contributed by atoms with Crippen LogP contribution in [0.25, 0.3) is 0 Å². The number of rotatable bonds is 3. The molecule has 1 unspecified atom stereocenters. The Labute approximate surface area is 157 Å². The first-order valence-corrected chi connectivity index (χ1v) is 10.2. The fourth-order valence-electron chi connectivity index (χ4n) is 4.15. The number of benzene rings is 1. The molecule has 2 amide bonds. The third kappa shape index (κ3) is 4.46. The van der Waals surface area contributed by atoms with Crippen LogP contribution in [-0.2, 0) is 22.6 Å². The van der Waals surface area contributed by atoms with Gasteiger partial charge in [0.1, 0.15) is 6.04 Å². The number of nitrogens with zero attached hydrogens (tertiary/aromatic N) is 2. The molecule has 142 valence electrons. The van der Waals surface area contributed by atoms with Gasteiger partial charge in [0.05, 0.1) is 0 Å². The summed E-state index contributed by atoms with van der Waals surface area (Å²) in [5.41, 5.74) is 2.40. The van der Waals surface area contributed by atoms with E-state index in [0.29, 0.717) is 25.3 Å². The predicted octanol–water partition coefficient (Wildman–Crippen LogP) is 3.78. The fraction of sp³-hybridized carbons (Fsp3) is 0.636. The molecule has 1 aromatic rings. The molecular weight excluding hydrogens is 324 g/mol. The highest BCUT2D eigenvalue weighted by atomic mass is 16.2. The van der Waals surface area contributed by atoms with Gasteiger partial charge >= 0.3 is 0 Å². The van der Waals surface area contributed by atoms with E-state index in [1.807, 2.05) is 21.9 Å². The zero-order valence-electron chi connectivity index (χ0n) is 16.2. The first kappa shape index (κ1) is 18.9. The van der Waals surface area contributed by atoms with E-state index in [9.17, 15) is 9.59 Å². The zero-order valence-corrected chi connectivity index (χ0v) is 16.2. The van der Waals surface area contributed by atoms with Crippen molar-refractivity contribution in [3.63, 3.8) is 0 Å². The van der Waals surface area contributed by atoms with Crippen molar-refractivity contribution in [3.05, 3.63) is 35.4 Å². The van der Waals surface area contributed by atoms with Crippen molar-refractivity contribution in [2.75, 3.05) is 13.1 Å². The van der Waals surface area contributed by atoms with Crippen LogP contribution in [0.2, 0.25) is 0 Å². The van der Waals surface area contributed by atoms with Crippen LogP contribution >= 0.6 is 0 Å². The quantitative estimate of drug-likeness (QED) is 0.827. The third-order valence-corrected chi connectivity index (χ3v) is 5.60. The van der Waals surface area contributed by atoms with E-state index in [4.69, 9.17) is 0 Å². The average molecular weight is 357 g/mol. The van der Waals surface area contributed by atoms with E-state index in [-0.39, 0.29) is 17.9 Å². The summed E-state index contributed by atoms with van der Waals surface area (Å²) in [6.07, 6.45) is 6.99. The van der Waals surface area contributed by atoms with Crippen LogP contribution in [0, 0.1) is 5.92 Å². The lowest BCUT2D eigenvalue weighted by Gasteiger charge is -2.39. The maximum Gasteiger partial charge on any atom is 0.245 e. The minimum Gasteiger partial charge on any atom is -0.341 e. The molecule has 3 rings (SSSR count). The van der Waals surface area contributed by atoms with E-state index in [1.165, 1.54) is 30.4 Å². The van der Waals surface area contributed by atoms with E-state index in [1.54, 1.807) is 0 Å². The molecule has 1 saturated heterocycles. The summed E-state index contributed by atoms with van der Waals surface area (Å²) in [6.45, 7) is 6.36. The lowest BCUT2D eigenvalue weighted by molar-refractivity contribution is -0.147. The maximum atomic E-state index is 13.4. The number of likely N-dealkylation sites (tertiary alicyclic amines) is 1. The van der Waals surface area contributed by atoms with Crippen LogP contribution < -0.4 is 0 Å². The second-order valence-electron chi connectivity index (χ2n) is 8.20. The molecule has 26 heavy (non-hydrogen) atoms. The molecule has 2 aliphatic heterocycles. The molecule has 1 fully saturated rings. The van der Waals surface area contributed by atoms with Crippen molar-refractivity contribution in [3.8, 4) is 0 Å². The molecule has 2 heterocycles. The lowest BCUT2D eigenvalue weighted by atomic mass is 9.92. The predicted molar refractivity (Wildman–Crippen MR) is 104 cm³/mol. The van der Waals surface area contributed by atoms with Gasteiger partial charge in [-0.25, -0.2) is 0 Å². The standard InChI is InChI=1S/C22H32N2O2/c1-17(2)14-21(25)24-16-19-11-7-6-10-18(19)15-20(24)22(26)23-12-8-4-3-5-9-13-23/h6-7,10-11,17,20H,3-5,8-9,12-16H2,1-2H3. The Morgan fingerprint density at radius 2 is 1.62 bits per heavy atom. The SMILES string of the molecule is CC(C)CC(=O)N1Cc2ccccc2CC1C(=O)N1CCCCCCC1. The van der Waals surface area contributed by atoms with Crippen LogP contribution in [0.3, 0.4) is 0 Å². The molecule has 1 atom stereocenters. The first-order valence-electron chi connectivity index (χ1n) is 10.2. The largest absolute Gasteiger partial charge is 0.341 e. The number of amides is 2. The highest BCUT2D eigenvalue weighted by Gasteiger charge is 2.36. The maximum absolute atomic E-state index is 13.4. The summed E-state index contributed by atoms with van der Waals surface area (Å²) in [5, 5.41) is 0. The Balaban J connectivity index is 1.82. The van der Waals surface area contributed by atoms with Crippen LogP contribution in [0.15, 0.2) is 24.3 Å². The van der Waals surface area contributed by atoms with Gasteiger partial charge in [-0.05, 0) is 29.9 Å². The molecule has 4 heteroatoms. The number of fused-ring (bicyclic) bond motifs is 1. The third-order valence-electron chi connectivity index (χ3n) is 5.60. The monoisotopic (exact) mass is 356 g/mol. The summed E-state index contributed by atoms with van der Waals surface area (Å²) in [7, 11) is 0. The lowest BCUT2D eigenvalue weighted by Crippen LogP contribution is -2.54. The second kappa shape index (κ2) is 8.70. The van der Waals surface area contributed by atoms with Crippen molar-refractivity contribution in [2.45, 2.75) is 71.4 Å². The summed E-state index contributed by atoms with van der Waals surface area (Å²) in [5.74, 6) is 0.565. The highest BCUT2D eigenvalue weighted by Crippen LogP contribution is 2.26. The molecule has 4 nitrogen and oxygen atoms in total. The highest BCUT2D eigenvalue weighted by molar-refractivity contribution is 5.88. The van der Waals surface area contributed by atoms with Gasteiger partial charge in [-0.2, -0.15) is 0 Å². The van der Waals surface area contributed by atoms with E-state index < -0.39 is 0 Å². The second-order valence-corrected chi connectivity index (χ2v) is 8.20. The van der Waals surface area contributed by atoms with E-state index in [0.717, 1.165) is 25.9 Å². The van der Waals surface area contributed by atoms with Gasteiger partial charge in [0, 0.05) is 32.5 Å². The smallest absolute Gasteiger partial charge is 0.245 e. The summed E-state index contributed by atoms with van der Waals surface area (Å²) in [6, 6.07) is 7.90. The average Bonchev–Trinajstić information content (AvgIpc) is 2.59. The molecule has 0 N–H and O–H groups in total. The number of hydrogen-bond donors (Lipinski definition) is 0. The van der Waals surface area contributed by atoms with Crippen molar-refractivity contribution in [1.82, 2.24) is 9.80 Å². The molecule has 0 radical (unpaired) electrons. The minimum atomic E-state index is -0.337. The van der Waals surface area contributed by atoms with Gasteiger partial charge in [-0.1, -0.05) is 57.4 Å². The molecule has 0 bridgehead atoms. The Morgan fingerprint density at radius 3 is 2.27 bits per heavy atom. The van der Waals surface area contributed by atoms with Gasteiger partial charge in [0.2, 0.25) is 11.8 Å². The number of carbonyl (C=O) groups excluding carboxylic acids is 2. The van der Waals surface area contributed by atoms with Gasteiger partial charge in [-0.3, -0.25) is 9.59 Å². The normalized spacial score (nSPS) is 21.1. The summed E-state index contributed by atoms with van der Waals surface area (Å²) >= 11 is 0. The minimum absolute atomic E-state index is 0.111. The van der Waals surface area contributed by atoms with Crippen molar-refractivity contribution >= 4 is 11.8 Å². The molecule has 0 saturated carbocycles. The Kier molecular flexibility index (Phi) is 6.33. The Hall–Kier alpha value is -1.84. The zero-order chi connectivity index (χ0) is 18.5. The molecule has 2 aliphatic rings. The fourth-order valence-corrected chi connectivity index (χ4v) is 4.15. The summed E-state index contributed by atoms with van der Waals surface area (Å²) in [4.78, 5) is 30.1. The van der Waals surface area contributed by atoms with Gasteiger partial charge < -0.3 is 9.80 Å². The number of hydrogen-bond acceptors (Lipinski definition) is 2. The van der Waals surface area contributed by atoms with Gasteiger partial charge in [0.25, 0.3) is 0 Å². The molecule has 1 aromatic carbocycles. The molecular formula is C22H32N2O2.